The summed E-state index contributed by atoms with van der Waals surface area (Å²) in [7, 11) is 0. The Bertz CT molecular complexity index is 1260. The lowest BCUT2D eigenvalue weighted by atomic mass is 10.2. The smallest absolute Gasteiger partial charge is 0.237 e. The van der Waals surface area contributed by atoms with Crippen LogP contribution in [0.3, 0.4) is 0 Å². The average Bonchev–Trinajstić information content (AvgIpc) is 3.40. The third kappa shape index (κ3) is 4.96. The van der Waals surface area contributed by atoms with Gasteiger partial charge in [-0.1, -0.05) is 47.8 Å². The summed E-state index contributed by atoms with van der Waals surface area (Å²) in [6.45, 7) is 4.56. The van der Waals surface area contributed by atoms with Crippen LogP contribution in [0.1, 0.15) is 25.2 Å². The molecule has 0 saturated heterocycles. The van der Waals surface area contributed by atoms with E-state index in [0.29, 0.717) is 28.7 Å². The molecule has 2 aromatic carbocycles. The van der Waals surface area contributed by atoms with Crippen LogP contribution in [0, 0.1) is 11.3 Å². The predicted octanol–water partition coefficient (Wildman–Crippen LogP) is 5.19. The number of para-hydroxylation sites is 2. The van der Waals surface area contributed by atoms with Gasteiger partial charge in [-0.3, -0.25) is 4.79 Å². The monoisotopic (exact) mass is 480 g/mol. The molecule has 162 valence electrons. The molecular formula is C22H20N6OS3. The number of aromatic nitrogens is 4. The van der Waals surface area contributed by atoms with Crippen LogP contribution < -0.4 is 5.32 Å². The number of benzene rings is 2. The maximum atomic E-state index is 12.7. The van der Waals surface area contributed by atoms with Crippen LogP contribution in [0.25, 0.3) is 10.2 Å². The van der Waals surface area contributed by atoms with Crippen LogP contribution in [0.5, 0.6) is 0 Å². The van der Waals surface area contributed by atoms with Gasteiger partial charge in [-0.05, 0) is 38.1 Å². The zero-order chi connectivity index (χ0) is 22.5. The van der Waals surface area contributed by atoms with Crippen LogP contribution in [-0.2, 0) is 17.1 Å². The number of nitrogens with zero attached hydrogens (tertiary/aromatic N) is 5. The summed E-state index contributed by atoms with van der Waals surface area (Å²) >= 11 is 4.66. The van der Waals surface area contributed by atoms with E-state index in [0.717, 1.165) is 15.7 Å². The number of amides is 1. The quantitative estimate of drug-likeness (QED) is 0.347. The number of carbonyl (C=O) groups excluding carboxylic acids is 1. The van der Waals surface area contributed by atoms with Crippen molar-refractivity contribution in [3.05, 3.63) is 59.9 Å². The number of fused-ring (bicyclic) bond motifs is 1. The lowest BCUT2D eigenvalue weighted by Gasteiger charge is -2.13. The maximum Gasteiger partial charge on any atom is 0.237 e. The summed E-state index contributed by atoms with van der Waals surface area (Å²) < 4.78 is 4.19. The summed E-state index contributed by atoms with van der Waals surface area (Å²) in [5.41, 5.74) is 1.95. The summed E-state index contributed by atoms with van der Waals surface area (Å²) in [6.07, 6.45) is 0. The molecule has 4 rings (SSSR count). The van der Waals surface area contributed by atoms with Crippen molar-refractivity contribution < 1.29 is 4.79 Å². The van der Waals surface area contributed by atoms with E-state index in [2.05, 4.69) is 32.6 Å². The zero-order valence-electron chi connectivity index (χ0n) is 17.5. The minimum Gasteiger partial charge on any atom is -0.324 e. The minimum absolute atomic E-state index is 0.186. The van der Waals surface area contributed by atoms with Gasteiger partial charge in [0.25, 0.3) is 0 Å². The molecule has 0 aliphatic rings. The zero-order valence-corrected chi connectivity index (χ0v) is 19.9. The van der Waals surface area contributed by atoms with Gasteiger partial charge < -0.3 is 9.88 Å². The number of nitriles is 1. The molecule has 1 atom stereocenters. The van der Waals surface area contributed by atoms with Gasteiger partial charge in [-0.25, -0.2) is 4.98 Å². The molecule has 1 N–H and O–H groups in total. The molecule has 0 fully saturated rings. The molecule has 0 aliphatic heterocycles. The Morgan fingerprint density at radius 3 is 2.78 bits per heavy atom. The standard InChI is InChI=1S/C22H20N6OS3/c1-3-28-19(13-30-22-25-17-10-6-7-11-18(17)32-22)26-27-21(28)31-14(2)20(29)24-16-9-5-4-8-15(16)12-23/h4-11,14H,3,13H2,1-2H3,(H,24,29). The van der Waals surface area contributed by atoms with E-state index in [1.807, 2.05) is 36.6 Å². The Labute approximate surface area is 198 Å². The Morgan fingerprint density at radius 1 is 1.22 bits per heavy atom. The van der Waals surface area contributed by atoms with E-state index in [9.17, 15) is 10.1 Å². The summed E-state index contributed by atoms with van der Waals surface area (Å²) in [5.74, 6) is 1.31. The first-order valence-corrected chi connectivity index (χ1v) is 12.6. The Balaban J connectivity index is 1.41. The average molecular weight is 481 g/mol. The molecule has 4 aromatic rings. The Hall–Kier alpha value is -2.87. The highest BCUT2D eigenvalue weighted by molar-refractivity contribution is 8.00. The second-order valence-corrected chi connectivity index (χ2v) is 10.3. The van der Waals surface area contributed by atoms with Crippen molar-refractivity contribution in [2.75, 3.05) is 5.32 Å². The number of hydrogen-bond donors (Lipinski definition) is 1. The molecule has 0 radical (unpaired) electrons. The Morgan fingerprint density at radius 2 is 2.00 bits per heavy atom. The minimum atomic E-state index is -0.402. The van der Waals surface area contributed by atoms with Crippen molar-refractivity contribution >= 4 is 56.7 Å². The van der Waals surface area contributed by atoms with Crippen LogP contribution >= 0.6 is 34.9 Å². The second-order valence-electron chi connectivity index (χ2n) is 6.79. The number of anilines is 1. The molecule has 0 saturated carbocycles. The molecule has 0 aliphatic carbocycles. The van der Waals surface area contributed by atoms with Gasteiger partial charge in [0.15, 0.2) is 9.50 Å². The van der Waals surface area contributed by atoms with E-state index in [1.54, 1.807) is 47.4 Å². The number of thiazole rings is 1. The molecule has 1 unspecified atom stereocenters. The second kappa shape index (κ2) is 10.2. The highest BCUT2D eigenvalue weighted by Crippen LogP contribution is 2.32. The fourth-order valence-corrected chi connectivity index (χ4v) is 5.95. The van der Waals surface area contributed by atoms with Gasteiger partial charge in [0.1, 0.15) is 11.9 Å². The van der Waals surface area contributed by atoms with E-state index in [1.165, 1.54) is 16.5 Å². The van der Waals surface area contributed by atoms with Crippen molar-refractivity contribution in [3.63, 3.8) is 0 Å². The maximum absolute atomic E-state index is 12.7. The normalized spacial score (nSPS) is 11.9. The van der Waals surface area contributed by atoms with Gasteiger partial charge in [-0.2, -0.15) is 5.26 Å². The van der Waals surface area contributed by atoms with Gasteiger partial charge in [-0.15, -0.1) is 21.5 Å². The molecule has 32 heavy (non-hydrogen) atoms. The van der Waals surface area contributed by atoms with E-state index < -0.39 is 5.25 Å². The fraction of sp³-hybridized carbons (Fsp3) is 0.227. The first-order chi connectivity index (χ1) is 15.6. The summed E-state index contributed by atoms with van der Waals surface area (Å²) in [5, 5.41) is 21.0. The van der Waals surface area contributed by atoms with Crippen LogP contribution in [0.15, 0.2) is 58.0 Å². The molecule has 1 amide bonds. The van der Waals surface area contributed by atoms with Crippen molar-refractivity contribution in [3.8, 4) is 6.07 Å². The van der Waals surface area contributed by atoms with Gasteiger partial charge in [0.05, 0.1) is 32.5 Å². The molecule has 10 heteroatoms. The topological polar surface area (TPSA) is 96.5 Å². The van der Waals surface area contributed by atoms with E-state index in [4.69, 9.17) is 0 Å². The molecule has 7 nitrogen and oxygen atoms in total. The lowest BCUT2D eigenvalue weighted by Crippen LogP contribution is -2.23. The molecule has 2 aromatic heterocycles. The molecule has 0 bridgehead atoms. The SMILES string of the molecule is CCn1c(CSc2nc3ccccc3s2)nnc1SC(C)C(=O)Nc1ccccc1C#N. The predicted molar refractivity (Wildman–Crippen MR) is 130 cm³/mol. The number of carbonyl (C=O) groups is 1. The number of nitrogens with one attached hydrogen (secondary N) is 1. The van der Waals surface area contributed by atoms with Crippen LogP contribution in [0.2, 0.25) is 0 Å². The van der Waals surface area contributed by atoms with E-state index >= 15 is 0 Å². The largest absolute Gasteiger partial charge is 0.324 e. The van der Waals surface area contributed by atoms with Gasteiger partial charge >= 0.3 is 0 Å². The summed E-state index contributed by atoms with van der Waals surface area (Å²) in [4.78, 5) is 17.3. The molecule has 2 heterocycles. The number of rotatable bonds is 8. The van der Waals surface area contributed by atoms with Crippen molar-refractivity contribution in [2.24, 2.45) is 0 Å². The van der Waals surface area contributed by atoms with Gasteiger partial charge in [0, 0.05) is 6.54 Å². The summed E-state index contributed by atoms with van der Waals surface area (Å²) in [6, 6.07) is 17.1. The van der Waals surface area contributed by atoms with Crippen molar-refractivity contribution in [1.29, 1.82) is 5.26 Å². The first kappa shape index (κ1) is 22.3. The van der Waals surface area contributed by atoms with Gasteiger partial charge in [0.2, 0.25) is 5.91 Å². The number of thioether (sulfide) groups is 2. The van der Waals surface area contributed by atoms with E-state index in [-0.39, 0.29) is 5.91 Å². The van der Waals surface area contributed by atoms with Crippen LogP contribution in [-0.4, -0.2) is 30.9 Å². The highest BCUT2D eigenvalue weighted by Gasteiger charge is 2.21. The third-order valence-corrected chi connectivity index (χ3v) is 7.92. The first-order valence-electron chi connectivity index (χ1n) is 9.96. The highest BCUT2D eigenvalue weighted by atomic mass is 32.2. The third-order valence-electron chi connectivity index (χ3n) is 4.67. The molecular weight excluding hydrogens is 460 g/mol. The lowest BCUT2D eigenvalue weighted by molar-refractivity contribution is -0.115. The Kier molecular flexibility index (Phi) is 7.09. The number of hydrogen-bond acceptors (Lipinski definition) is 8. The van der Waals surface area contributed by atoms with Crippen LogP contribution in [0.4, 0.5) is 5.69 Å². The van der Waals surface area contributed by atoms with Crippen molar-refractivity contribution in [1.82, 2.24) is 19.7 Å². The fourth-order valence-electron chi connectivity index (χ4n) is 3.01. The molecule has 0 spiro atoms. The van der Waals surface area contributed by atoms with Crippen molar-refractivity contribution in [2.45, 2.75) is 40.9 Å².